The van der Waals surface area contributed by atoms with Crippen LogP contribution in [0.15, 0.2) is 52.1 Å². The van der Waals surface area contributed by atoms with Crippen LogP contribution in [0.1, 0.15) is 12.6 Å². The molecule has 2 aromatic carbocycles. The second-order valence-corrected chi connectivity index (χ2v) is 8.43. The fourth-order valence-corrected chi connectivity index (χ4v) is 4.38. The molecule has 0 atom stereocenters. The maximum absolute atomic E-state index is 13.0. The van der Waals surface area contributed by atoms with Crippen LogP contribution in [0.2, 0.25) is 0 Å². The quantitative estimate of drug-likeness (QED) is 0.660. The number of aromatic nitrogens is 2. The van der Waals surface area contributed by atoms with Gasteiger partial charge < -0.3 is 4.90 Å². The number of rotatable bonds is 5. The Labute approximate surface area is 161 Å². The molecule has 0 radical (unpaired) electrons. The number of fused-ring (bicyclic) bond motifs is 1. The third-order valence-corrected chi connectivity index (χ3v) is 5.79. The van der Waals surface area contributed by atoms with Crippen LogP contribution in [0.25, 0.3) is 10.8 Å². The summed E-state index contributed by atoms with van der Waals surface area (Å²) in [5, 5.41) is 1.53. The van der Waals surface area contributed by atoms with Crippen molar-refractivity contribution in [3.8, 4) is 0 Å². The van der Waals surface area contributed by atoms with E-state index in [9.17, 15) is 8.42 Å². The SMILES string of the molecule is CCc1nc(Br)cnc1NS(=O)(=O)c1cccc2c(N(C)C)cccc12. The zero-order valence-electron chi connectivity index (χ0n) is 14.7. The largest absolute Gasteiger partial charge is 0.377 e. The van der Waals surface area contributed by atoms with Crippen molar-refractivity contribution in [3.63, 3.8) is 0 Å². The Hall–Kier alpha value is -2.19. The maximum atomic E-state index is 13.0. The van der Waals surface area contributed by atoms with Crippen molar-refractivity contribution in [3.05, 3.63) is 52.9 Å². The molecule has 8 heteroatoms. The fourth-order valence-electron chi connectivity index (χ4n) is 2.81. The third-order valence-electron chi connectivity index (χ3n) is 4.01. The van der Waals surface area contributed by atoms with E-state index in [1.165, 1.54) is 6.20 Å². The molecule has 0 saturated carbocycles. The number of halogens is 1. The Morgan fingerprint density at radius 3 is 2.50 bits per heavy atom. The van der Waals surface area contributed by atoms with E-state index < -0.39 is 10.0 Å². The van der Waals surface area contributed by atoms with Gasteiger partial charge in [-0.2, -0.15) is 0 Å². The van der Waals surface area contributed by atoms with Gasteiger partial charge in [-0.15, -0.1) is 0 Å². The summed E-state index contributed by atoms with van der Waals surface area (Å²) in [7, 11) is 0.0452. The number of nitrogens with zero attached hydrogens (tertiary/aromatic N) is 3. The van der Waals surface area contributed by atoms with Crippen LogP contribution in [0.5, 0.6) is 0 Å². The normalized spacial score (nSPS) is 11.5. The van der Waals surface area contributed by atoms with Gasteiger partial charge >= 0.3 is 0 Å². The molecule has 1 aromatic heterocycles. The van der Waals surface area contributed by atoms with E-state index in [4.69, 9.17) is 0 Å². The van der Waals surface area contributed by atoms with Gasteiger partial charge in [-0.05, 0) is 34.5 Å². The molecule has 6 nitrogen and oxygen atoms in total. The Morgan fingerprint density at radius 1 is 1.12 bits per heavy atom. The van der Waals surface area contributed by atoms with Gasteiger partial charge in [-0.3, -0.25) is 4.72 Å². The van der Waals surface area contributed by atoms with Crippen LogP contribution in [-0.2, 0) is 16.4 Å². The first-order valence-electron chi connectivity index (χ1n) is 8.06. The molecule has 1 N–H and O–H groups in total. The summed E-state index contributed by atoms with van der Waals surface area (Å²) in [5.41, 5.74) is 1.54. The number of anilines is 2. The highest BCUT2D eigenvalue weighted by molar-refractivity contribution is 9.10. The average Bonchev–Trinajstić information content (AvgIpc) is 2.61. The number of benzene rings is 2. The van der Waals surface area contributed by atoms with Gasteiger partial charge in [0.1, 0.15) is 4.60 Å². The second kappa shape index (κ2) is 7.20. The summed E-state index contributed by atoms with van der Waals surface area (Å²) < 4.78 is 29.2. The van der Waals surface area contributed by atoms with Crippen molar-refractivity contribution in [2.75, 3.05) is 23.7 Å². The van der Waals surface area contributed by atoms with Crippen LogP contribution in [0.3, 0.4) is 0 Å². The lowest BCUT2D eigenvalue weighted by molar-refractivity contribution is 0.601. The number of hydrogen-bond donors (Lipinski definition) is 1. The zero-order valence-corrected chi connectivity index (χ0v) is 17.1. The molecule has 0 amide bonds. The van der Waals surface area contributed by atoms with Crippen LogP contribution < -0.4 is 9.62 Å². The predicted molar refractivity (Wildman–Crippen MR) is 108 cm³/mol. The van der Waals surface area contributed by atoms with Gasteiger partial charge in [0.05, 0.1) is 16.8 Å². The van der Waals surface area contributed by atoms with E-state index in [-0.39, 0.29) is 10.7 Å². The summed E-state index contributed by atoms with van der Waals surface area (Å²) in [6.07, 6.45) is 2.04. The summed E-state index contributed by atoms with van der Waals surface area (Å²) in [5.74, 6) is 0.247. The molecule has 0 aliphatic rings. The number of hydrogen-bond acceptors (Lipinski definition) is 5. The Morgan fingerprint density at radius 2 is 1.81 bits per heavy atom. The van der Waals surface area contributed by atoms with Crippen LogP contribution in [-0.4, -0.2) is 32.5 Å². The Bertz CT molecular complexity index is 1070. The van der Waals surface area contributed by atoms with Gasteiger partial charge in [-0.1, -0.05) is 31.2 Å². The summed E-state index contributed by atoms with van der Waals surface area (Å²) in [6.45, 7) is 1.90. The first kappa shape index (κ1) is 18.6. The summed E-state index contributed by atoms with van der Waals surface area (Å²) in [4.78, 5) is 10.6. The van der Waals surface area contributed by atoms with Crippen LogP contribution in [0.4, 0.5) is 11.5 Å². The lowest BCUT2D eigenvalue weighted by Gasteiger charge is -2.17. The van der Waals surface area contributed by atoms with Crippen molar-refractivity contribution in [2.45, 2.75) is 18.2 Å². The van der Waals surface area contributed by atoms with E-state index >= 15 is 0 Å². The molecular formula is C18H19BrN4O2S. The molecule has 3 rings (SSSR count). The minimum Gasteiger partial charge on any atom is -0.377 e. The van der Waals surface area contributed by atoms with Crippen molar-refractivity contribution in [1.82, 2.24) is 9.97 Å². The van der Waals surface area contributed by atoms with Gasteiger partial charge in [0, 0.05) is 30.6 Å². The molecule has 136 valence electrons. The average molecular weight is 435 g/mol. The minimum atomic E-state index is -3.81. The molecule has 0 spiro atoms. The smallest absolute Gasteiger partial charge is 0.263 e. The molecule has 0 aliphatic carbocycles. The summed E-state index contributed by atoms with van der Waals surface area (Å²) in [6, 6.07) is 10.9. The molecule has 0 bridgehead atoms. The molecule has 3 aromatic rings. The van der Waals surface area contributed by atoms with Gasteiger partial charge in [0.25, 0.3) is 10.0 Å². The highest BCUT2D eigenvalue weighted by atomic mass is 79.9. The van der Waals surface area contributed by atoms with E-state index in [0.29, 0.717) is 22.1 Å². The Balaban J connectivity index is 2.13. The van der Waals surface area contributed by atoms with Gasteiger partial charge in [0.15, 0.2) is 5.82 Å². The van der Waals surface area contributed by atoms with Crippen LogP contribution in [0, 0.1) is 0 Å². The Kier molecular flexibility index (Phi) is 5.15. The van der Waals surface area contributed by atoms with Gasteiger partial charge in [-0.25, -0.2) is 18.4 Å². The highest BCUT2D eigenvalue weighted by Crippen LogP contribution is 2.31. The minimum absolute atomic E-state index is 0.213. The lowest BCUT2D eigenvalue weighted by Crippen LogP contribution is -2.16. The molecule has 26 heavy (non-hydrogen) atoms. The van der Waals surface area contributed by atoms with Crippen LogP contribution >= 0.6 is 15.9 Å². The molecule has 1 heterocycles. The lowest BCUT2D eigenvalue weighted by atomic mass is 10.1. The van der Waals surface area contributed by atoms with E-state index in [0.717, 1.165) is 11.1 Å². The van der Waals surface area contributed by atoms with E-state index in [2.05, 4.69) is 30.6 Å². The van der Waals surface area contributed by atoms with Crippen molar-refractivity contribution >= 4 is 48.2 Å². The highest BCUT2D eigenvalue weighted by Gasteiger charge is 2.21. The molecule has 0 fully saturated rings. The van der Waals surface area contributed by atoms with Gasteiger partial charge in [0.2, 0.25) is 0 Å². The first-order valence-corrected chi connectivity index (χ1v) is 10.3. The number of nitrogens with one attached hydrogen (secondary N) is 1. The molecule has 0 saturated heterocycles. The monoisotopic (exact) mass is 434 g/mol. The van der Waals surface area contributed by atoms with Crippen molar-refractivity contribution in [1.29, 1.82) is 0 Å². The zero-order chi connectivity index (χ0) is 18.9. The van der Waals surface area contributed by atoms with E-state index in [1.54, 1.807) is 12.1 Å². The first-order chi connectivity index (χ1) is 12.3. The van der Waals surface area contributed by atoms with Crippen molar-refractivity contribution in [2.24, 2.45) is 0 Å². The number of aryl methyl sites for hydroxylation is 1. The third kappa shape index (κ3) is 3.52. The van der Waals surface area contributed by atoms with E-state index in [1.807, 2.05) is 50.2 Å². The standard InChI is InChI=1S/C18H19BrN4O2S/c1-4-14-18(20-11-17(19)21-14)22-26(24,25)16-10-6-7-12-13(16)8-5-9-15(12)23(2)3/h5-11H,4H2,1-3H3,(H,20,22). The maximum Gasteiger partial charge on any atom is 0.263 e. The number of sulfonamides is 1. The molecular weight excluding hydrogens is 416 g/mol. The predicted octanol–water partition coefficient (Wildman–Crippen LogP) is 3.82. The molecule has 0 aliphatic heterocycles. The topological polar surface area (TPSA) is 75.2 Å². The van der Waals surface area contributed by atoms with Crippen molar-refractivity contribution < 1.29 is 8.42 Å². The summed E-state index contributed by atoms with van der Waals surface area (Å²) >= 11 is 3.26. The molecule has 0 unspecified atom stereocenters. The second-order valence-electron chi connectivity index (χ2n) is 5.97. The fraction of sp³-hybridized carbons (Fsp3) is 0.222.